The van der Waals surface area contributed by atoms with E-state index in [0.29, 0.717) is 49.0 Å². The highest BCUT2D eigenvalue weighted by molar-refractivity contribution is 5.92. The van der Waals surface area contributed by atoms with E-state index in [0.717, 1.165) is 17.3 Å². The molecule has 7 heteroatoms. The maximum atomic E-state index is 14.5. The summed E-state index contributed by atoms with van der Waals surface area (Å²) in [5.74, 6) is -0.797. The molecule has 0 N–H and O–H groups in total. The minimum Gasteiger partial charge on any atom is -0.378 e. The van der Waals surface area contributed by atoms with E-state index in [1.165, 1.54) is 12.1 Å². The summed E-state index contributed by atoms with van der Waals surface area (Å²) in [7, 11) is 0. The van der Waals surface area contributed by atoms with Crippen LogP contribution in [0.5, 0.6) is 0 Å². The summed E-state index contributed by atoms with van der Waals surface area (Å²) >= 11 is 0. The molecule has 3 aromatic rings. The summed E-state index contributed by atoms with van der Waals surface area (Å²) in [6.07, 6.45) is 0. The average Bonchev–Trinajstić information content (AvgIpc) is 2.63. The number of ether oxygens (including phenoxy) is 1. The van der Waals surface area contributed by atoms with Crippen molar-refractivity contribution in [1.29, 1.82) is 0 Å². The van der Waals surface area contributed by atoms with Crippen molar-refractivity contribution in [2.24, 2.45) is 0 Å². The molecule has 0 saturated carbocycles. The molecule has 0 aliphatic carbocycles. The van der Waals surface area contributed by atoms with E-state index < -0.39 is 11.6 Å². The first-order valence-corrected chi connectivity index (χ1v) is 8.47. The molecule has 0 atom stereocenters. The standard InChI is InChI=1S/C19H18F2N4O/c1-11-9-15-17(14-4-3-13(20)10-16(14)21)23-19(24-18(15)22-12(11)2)25-5-7-26-8-6-25/h3-4,9-10H,5-8H2,1-2H3. The molecule has 4 rings (SSSR count). The van der Waals surface area contributed by atoms with Gasteiger partial charge in [-0.15, -0.1) is 0 Å². The fourth-order valence-corrected chi connectivity index (χ4v) is 3.02. The SMILES string of the molecule is Cc1cc2c(-c3ccc(F)cc3F)nc(N3CCOCC3)nc2nc1C. The molecular weight excluding hydrogens is 338 g/mol. The number of halogens is 2. The van der Waals surface area contributed by atoms with Crippen LogP contribution in [0.2, 0.25) is 0 Å². The molecule has 3 heterocycles. The Kier molecular flexibility index (Phi) is 4.24. The van der Waals surface area contributed by atoms with Crippen molar-refractivity contribution < 1.29 is 13.5 Å². The Morgan fingerprint density at radius 2 is 1.77 bits per heavy atom. The maximum Gasteiger partial charge on any atom is 0.228 e. The van der Waals surface area contributed by atoms with Gasteiger partial charge in [-0.1, -0.05) is 0 Å². The van der Waals surface area contributed by atoms with E-state index in [2.05, 4.69) is 15.0 Å². The van der Waals surface area contributed by atoms with Gasteiger partial charge in [0, 0.05) is 35.8 Å². The largest absolute Gasteiger partial charge is 0.378 e. The molecule has 0 unspecified atom stereocenters. The number of benzene rings is 1. The van der Waals surface area contributed by atoms with E-state index in [-0.39, 0.29) is 5.56 Å². The predicted octanol–water partition coefficient (Wildman–Crippen LogP) is 3.42. The molecule has 1 aliphatic heterocycles. The number of aryl methyl sites for hydroxylation is 2. The lowest BCUT2D eigenvalue weighted by Gasteiger charge is -2.27. The van der Waals surface area contributed by atoms with Crippen LogP contribution < -0.4 is 4.90 Å². The van der Waals surface area contributed by atoms with Crippen LogP contribution in [-0.2, 0) is 4.74 Å². The van der Waals surface area contributed by atoms with Crippen molar-refractivity contribution in [3.05, 3.63) is 47.2 Å². The Morgan fingerprint density at radius 3 is 2.50 bits per heavy atom. The Bertz CT molecular complexity index is 987. The van der Waals surface area contributed by atoms with Crippen molar-refractivity contribution in [3.8, 4) is 11.3 Å². The summed E-state index contributed by atoms with van der Waals surface area (Å²) in [4.78, 5) is 15.7. The molecule has 0 spiro atoms. The highest BCUT2D eigenvalue weighted by Gasteiger charge is 2.20. The van der Waals surface area contributed by atoms with Gasteiger partial charge in [-0.25, -0.2) is 18.7 Å². The molecule has 1 saturated heterocycles. The van der Waals surface area contributed by atoms with Gasteiger partial charge in [0.15, 0.2) is 5.65 Å². The minimum atomic E-state index is -0.656. The highest BCUT2D eigenvalue weighted by Crippen LogP contribution is 2.31. The number of nitrogens with zero attached hydrogens (tertiary/aromatic N) is 4. The zero-order chi connectivity index (χ0) is 18.3. The summed E-state index contributed by atoms with van der Waals surface area (Å²) in [6, 6.07) is 5.41. The molecule has 1 aromatic carbocycles. The third-order valence-electron chi connectivity index (χ3n) is 4.60. The van der Waals surface area contributed by atoms with E-state index in [9.17, 15) is 8.78 Å². The Balaban J connectivity index is 1.97. The fourth-order valence-electron chi connectivity index (χ4n) is 3.02. The van der Waals surface area contributed by atoms with Crippen LogP contribution in [0.15, 0.2) is 24.3 Å². The zero-order valence-corrected chi connectivity index (χ0v) is 14.6. The topological polar surface area (TPSA) is 51.1 Å². The molecule has 5 nitrogen and oxygen atoms in total. The number of hydrogen-bond donors (Lipinski definition) is 0. The van der Waals surface area contributed by atoms with Crippen molar-refractivity contribution in [1.82, 2.24) is 15.0 Å². The minimum absolute atomic E-state index is 0.235. The van der Waals surface area contributed by atoms with E-state index >= 15 is 0 Å². The smallest absolute Gasteiger partial charge is 0.228 e. The Morgan fingerprint density at radius 1 is 1.00 bits per heavy atom. The normalized spacial score (nSPS) is 14.8. The molecule has 2 aromatic heterocycles. The molecule has 0 amide bonds. The first-order chi connectivity index (χ1) is 12.5. The number of anilines is 1. The van der Waals surface area contributed by atoms with Gasteiger partial charge in [0.1, 0.15) is 11.6 Å². The van der Waals surface area contributed by atoms with Crippen LogP contribution in [0, 0.1) is 25.5 Å². The average molecular weight is 356 g/mol. The second kappa shape index (κ2) is 6.57. The van der Waals surface area contributed by atoms with Crippen molar-refractivity contribution >= 4 is 17.0 Å². The zero-order valence-electron chi connectivity index (χ0n) is 14.6. The van der Waals surface area contributed by atoms with Crippen LogP contribution in [0.1, 0.15) is 11.3 Å². The molecule has 26 heavy (non-hydrogen) atoms. The summed E-state index contributed by atoms with van der Waals surface area (Å²) < 4.78 is 33.2. The van der Waals surface area contributed by atoms with E-state index in [4.69, 9.17) is 4.74 Å². The van der Waals surface area contributed by atoms with Crippen LogP contribution in [-0.4, -0.2) is 41.3 Å². The van der Waals surface area contributed by atoms with Crippen LogP contribution in [0.4, 0.5) is 14.7 Å². The highest BCUT2D eigenvalue weighted by atomic mass is 19.1. The third kappa shape index (κ3) is 2.99. The van der Waals surface area contributed by atoms with Gasteiger partial charge < -0.3 is 9.64 Å². The molecule has 1 fully saturated rings. The number of morpholine rings is 1. The van der Waals surface area contributed by atoms with Gasteiger partial charge >= 0.3 is 0 Å². The van der Waals surface area contributed by atoms with Crippen molar-refractivity contribution in [3.63, 3.8) is 0 Å². The van der Waals surface area contributed by atoms with Gasteiger partial charge in [0.25, 0.3) is 0 Å². The van der Waals surface area contributed by atoms with Gasteiger partial charge in [-0.05, 0) is 37.6 Å². The van der Waals surface area contributed by atoms with Crippen molar-refractivity contribution in [2.75, 3.05) is 31.2 Å². The maximum absolute atomic E-state index is 14.5. The molecule has 1 aliphatic rings. The summed E-state index contributed by atoms with van der Waals surface area (Å²) in [5.41, 5.74) is 2.98. The first-order valence-electron chi connectivity index (χ1n) is 8.47. The molecule has 0 radical (unpaired) electrons. The molecular formula is C19H18F2N4O. The monoisotopic (exact) mass is 356 g/mol. The summed E-state index contributed by atoms with van der Waals surface area (Å²) in [5, 5.41) is 0.649. The van der Waals surface area contributed by atoms with E-state index in [1.54, 1.807) is 0 Å². The van der Waals surface area contributed by atoms with Gasteiger partial charge in [-0.2, -0.15) is 4.98 Å². The van der Waals surface area contributed by atoms with Crippen LogP contribution in [0.3, 0.4) is 0 Å². The second-order valence-electron chi connectivity index (χ2n) is 6.36. The number of hydrogen-bond acceptors (Lipinski definition) is 5. The number of aromatic nitrogens is 3. The Hall–Kier alpha value is -2.67. The molecule has 134 valence electrons. The molecule has 0 bridgehead atoms. The van der Waals surface area contributed by atoms with E-state index in [1.807, 2.05) is 24.8 Å². The predicted molar refractivity (Wildman–Crippen MR) is 95.2 cm³/mol. The Labute approximate surface area is 149 Å². The van der Waals surface area contributed by atoms with Crippen LogP contribution in [0.25, 0.3) is 22.3 Å². The quantitative estimate of drug-likeness (QED) is 0.704. The lowest BCUT2D eigenvalue weighted by atomic mass is 10.1. The summed E-state index contributed by atoms with van der Waals surface area (Å²) in [6.45, 7) is 6.32. The second-order valence-corrected chi connectivity index (χ2v) is 6.36. The fraction of sp³-hybridized carbons (Fsp3) is 0.316. The number of fused-ring (bicyclic) bond motifs is 1. The number of pyridine rings is 1. The van der Waals surface area contributed by atoms with Crippen LogP contribution >= 0.6 is 0 Å². The van der Waals surface area contributed by atoms with Gasteiger partial charge in [0.05, 0.1) is 18.9 Å². The lowest BCUT2D eigenvalue weighted by Crippen LogP contribution is -2.37. The van der Waals surface area contributed by atoms with Crippen molar-refractivity contribution in [2.45, 2.75) is 13.8 Å². The lowest BCUT2D eigenvalue weighted by molar-refractivity contribution is 0.122. The van der Waals surface area contributed by atoms with Gasteiger partial charge in [-0.3, -0.25) is 0 Å². The first kappa shape index (κ1) is 16.8. The van der Waals surface area contributed by atoms with Gasteiger partial charge in [0.2, 0.25) is 5.95 Å². The third-order valence-corrected chi connectivity index (χ3v) is 4.60. The number of rotatable bonds is 2.